The maximum Gasteiger partial charge on any atom is 0.120 e. The topological polar surface area (TPSA) is 9.23 Å². The first kappa shape index (κ1) is 16.2. The van der Waals surface area contributed by atoms with E-state index in [9.17, 15) is 0 Å². The second-order valence-electron chi connectivity index (χ2n) is 4.14. The molecule has 1 unspecified atom stereocenters. The number of hydrogen-bond donors (Lipinski definition) is 0. The molecule has 0 bridgehead atoms. The smallest absolute Gasteiger partial charge is 0.120 e. The highest BCUT2D eigenvalue weighted by molar-refractivity contribution is 9.10. The van der Waals surface area contributed by atoms with Gasteiger partial charge >= 0.3 is 0 Å². The van der Waals surface area contributed by atoms with Gasteiger partial charge in [-0.15, -0.1) is 11.6 Å². The Bertz CT molecular complexity index is 617. The summed E-state index contributed by atoms with van der Waals surface area (Å²) in [4.78, 5) is 0. The predicted octanol–water partition coefficient (Wildman–Crippen LogP) is 6.59. The van der Waals surface area contributed by atoms with Gasteiger partial charge in [-0.2, -0.15) is 0 Å². The average Bonchev–Trinajstić information content (AvgIpc) is 2.38. The van der Waals surface area contributed by atoms with E-state index >= 15 is 0 Å². The van der Waals surface area contributed by atoms with Crippen molar-refractivity contribution in [3.05, 3.63) is 61.5 Å². The quantitative estimate of drug-likeness (QED) is 0.489. The molecule has 0 radical (unpaired) electrons. The van der Waals surface area contributed by atoms with Gasteiger partial charge in [0.25, 0.3) is 0 Å². The van der Waals surface area contributed by atoms with Crippen molar-refractivity contribution in [2.75, 3.05) is 6.61 Å². The number of ether oxygens (including phenoxy) is 1. The molecule has 0 aliphatic rings. The highest BCUT2D eigenvalue weighted by atomic mass is 79.9. The molecule has 20 heavy (non-hydrogen) atoms. The molecule has 0 saturated heterocycles. The summed E-state index contributed by atoms with van der Waals surface area (Å²) in [6, 6.07) is 11.5. The van der Waals surface area contributed by atoms with Crippen LogP contribution in [-0.2, 0) is 0 Å². The van der Waals surface area contributed by atoms with Crippen LogP contribution < -0.4 is 4.74 Å². The second-order valence-corrected chi connectivity index (χ2v) is 6.76. The molecule has 0 fully saturated rings. The first-order valence-corrected chi connectivity index (χ1v) is 8.44. The Morgan fingerprint density at radius 1 is 1.10 bits per heavy atom. The van der Waals surface area contributed by atoms with Crippen LogP contribution in [0.2, 0.25) is 5.02 Å². The van der Waals surface area contributed by atoms with E-state index in [2.05, 4.69) is 31.9 Å². The summed E-state index contributed by atoms with van der Waals surface area (Å²) in [7, 11) is 0. The number of benzene rings is 2. The van der Waals surface area contributed by atoms with Gasteiger partial charge in [0.2, 0.25) is 0 Å². The summed E-state index contributed by atoms with van der Waals surface area (Å²) in [5.41, 5.74) is 1.83. The monoisotopic (exact) mass is 436 g/mol. The predicted molar refractivity (Wildman–Crippen MR) is 92.2 cm³/mol. The Morgan fingerprint density at radius 2 is 1.80 bits per heavy atom. The maximum atomic E-state index is 6.55. The third-order valence-corrected chi connectivity index (χ3v) is 4.77. The van der Waals surface area contributed by atoms with Crippen LogP contribution >= 0.6 is 55.1 Å². The Kier molecular flexibility index (Phi) is 5.79. The highest BCUT2D eigenvalue weighted by Crippen LogP contribution is 2.39. The molecule has 1 atom stereocenters. The molecule has 0 aromatic heterocycles. The fourth-order valence-corrected chi connectivity index (χ4v) is 3.78. The van der Waals surface area contributed by atoms with Crippen molar-refractivity contribution in [2.24, 2.45) is 0 Å². The molecule has 0 spiro atoms. The van der Waals surface area contributed by atoms with Gasteiger partial charge in [-0.25, -0.2) is 0 Å². The fraction of sp³-hybridized carbons (Fsp3) is 0.200. The van der Waals surface area contributed by atoms with E-state index in [1.165, 1.54) is 0 Å². The molecular formula is C15H12Br2Cl2O. The van der Waals surface area contributed by atoms with Gasteiger partial charge in [0, 0.05) is 14.0 Å². The van der Waals surface area contributed by atoms with Crippen LogP contribution in [0.3, 0.4) is 0 Å². The van der Waals surface area contributed by atoms with E-state index in [4.69, 9.17) is 27.9 Å². The summed E-state index contributed by atoms with van der Waals surface area (Å²) in [6.45, 7) is 2.59. The van der Waals surface area contributed by atoms with Crippen molar-refractivity contribution in [3.8, 4) is 5.75 Å². The van der Waals surface area contributed by atoms with Crippen molar-refractivity contribution in [3.63, 3.8) is 0 Å². The summed E-state index contributed by atoms with van der Waals surface area (Å²) in [6.07, 6.45) is 0. The molecule has 0 aliphatic heterocycles. The lowest BCUT2D eigenvalue weighted by molar-refractivity contribution is 0.340. The van der Waals surface area contributed by atoms with Gasteiger partial charge in [0.05, 0.1) is 12.0 Å². The number of alkyl halides is 1. The minimum Gasteiger partial charge on any atom is -0.494 e. The molecule has 2 rings (SSSR count). The highest BCUT2D eigenvalue weighted by Gasteiger charge is 2.17. The van der Waals surface area contributed by atoms with Crippen LogP contribution in [0, 0.1) is 0 Å². The zero-order valence-electron chi connectivity index (χ0n) is 10.7. The Balaban J connectivity index is 2.35. The van der Waals surface area contributed by atoms with E-state index in [0.29, 0.717) is 11.6 Å². The van der Waals surface area contributed by atoms with E-state index in [-0.39, 0.29) is 5.38 Å². The third kappa shape index (κ3) is 3.70. The van der Waals surface area contributed by atoms with Crippen LogP contribution in [0.4, 0.5) is 0 Å². The Morgan fingerprint density at radius 3 is 2.40 bits per heavy atom. The minimum absolute atomic E-state index is 0.319. The largest absolute Gasteiger partial charge is 0.494 e. The van der Waals surface area contributed by atoms with Crippen LogP contribution in [-0.4, -0.2) is 6.61 Å². The molecule has 2 aromatic rings. The van der Waals surface area contributed by atoms with Crippen LogP contribution in [0.1, 0.15) is 23.4 Å². The summed E-state index contributed by atoms with van der Waals surface area (Å²) < 4.78 is 7.30. The lowest BCUT2D eigenvalue weighted by Gasteiger charge is -2.15. The number of hydrogen-bond acceptors (Lipinski definition) is 1. The zero-order chi connectivity index (χ0) is 14.7. The van der Waals surface area contributed by atoms with Crippen molar-refractivity contribution in [2.45, 2.75) is 12.3 Å². The minimum atomic E-state index is -0.319. The first-order chi connectivity index (χ1) is 9.52. The molecule has 0 heterocycles. The fourth-order valence-electron chi connectivity index (χ4n) is 1.84. The van der Waals surface area contributed by atoms with Crippen LogP contribution in [0.25, 0.3) is 0 Å². The molecule has 0 saturated carbocycles. The molecule has 5 heteroatoms. The summed E-state index contributed by atoms with van der Waals surface area (Å²) in [5, 5.41) is 0.320. The van der Waals surface area contributed by atoms with Gasteiger partial charge in [0.15, 0.2) is 0 Å². The van der Waals surface area contributed by atoms with Crippen LogP contribution in [0.15, 0.2) is 45.3 Å². The second kappa shape index (κ2) is 7.17. The summed E-state index contributed by atoms with van der Waals surface area (Å²) in [5.74, 6) is 0.814. The molecule has 106 valence electrons. The standard InChI is InChI=1S/C15H12Br2Cl2O/c1-2-20-10-4-6-11(13(17)8-10)15(19)12-5-3-9(16)7-14(12)18/h3-8,15H,2H2,1H3. The Hall–Kier alpha value is -0.220. The van der Waals surface area contributed by atoms with Crippen molar-refractivity contribution < 1.29 is 4.74 Å². The summed E-state index contributed by atoms with van der Waals surface area (Å²) >= 11 is 19.7. The number of halogens is 4. The first-order valence-electron chi connectivity index (χ1n) is 6.04. The zero-order valence-corrected chi connectivity index (χ0v) is 15.4. The molecule has 0 aliphatic carbocycles. The van der Waals surface area contributed by atoms with Crippen LogP contribution in [0.5, 0.6) is 5.75 Å². The maximum absolute atomic E-state index is 6.55. The normalized spacial score (nSPS) is 12.2. The lowest BCUT2D eigenvalue weighted by Crippen LogP contribution is -1.97. The van der Waals surface area contributed by atoms with Gasteiger partial charge in [-0.05, 0) is 42.3 Å². The Labute approximate surface area is 145 Å². The van der Waals surface area contributed by atoms with Gasteiger partial charge in [0.1, 0.15) is 5.75 Å². The van der Waals surface area contributed by atoms with Crippen molar-refractivity contribution in [1.29, 1.82) is 0 Å². The van der Waals surface area contributed by atoms with E-state index < -0.39 is 0 Å². The van der Waals surface area contributed by atoms with Gasteiger partial charge in [-0.1, -0.05) is 55.6 Å². The number of rotatable bonds is 4. The average molecular weight is 439 g/mol. The molecule has 0 amide bonds. The van der Waals surface area contributed by atoms with Gasteiger partial charge < -0.3 is 4.74 Å². The van der Waals surface area contributed by atoms with E-state index in [1.807, 2.05) is 43.3 Å². The van der Waals surface area contributed by atoms with E-state index in [0.717, 1.165) is 25.8 Å². The third-order valence-electron chi connectivity index (χ3n) is 2.79. The van der Waals surface area contributed by atoms with E-state index in [1.54, 1.807) is 0 Å². The van der Waals surface area contributed by atoms with Crippen molar-refractivity contribution >= 4 is 55.1 Å². The van der Waals surface area contributed by atoms with Gasteiger partial charge in [-0.3, -0.25) is 0 Å². The molecule has 2 aromatic carbocycles. The molecule has 0 N–H and O–H groups in total. The molecule has 1 nitrogen and oxygen atoms in total. The lowest BCUT2D eigenvalue weighted by atomic mass is 10.0. The molecular weight excluding hydrogens is 427 g/mol. The van der Waals surface area contributed by atoms with Crippen molar-refractivity contribution in [1.82, 2.24) is 0 Å². The SMILES string of the molecule is CCOc1ccc(C(Cl)c2ccc(Br)cc2Cl)c(Br)c1.